The Hall–Kier alpha value is -2.57. The van der Waals surface area contributed by atoms with Crippen molar-refractivity contribution in [3.05, 3.63) is 47.5 Å². The minimum Gasteiger partial charge on any atom is -0.368 e. The van der Waals surface area contributed by atoms with Crippen LogP contribution in [0.25, 0.3) is 0 Å². The molecule has 0 spiro atoms. The number of rotatable bonds is 5. The summed E-state index contributed by atoms with van der Waals surface area (Å²) in [4.78, 5) is 11.9. The molecule has 116 valence electrons. The highest BCUT2D eigenvalue weighted by Gasteiger charge is 2.10. The predicted molar refractivity (Wildman–Crippen MR) is 79.7 cm³/mol. The van der Waals surface area contributed by atoms with Crippen molar-refractivity contribution in [1.29, 1.82) is 0 Å². The van der Waals surface area contributed by atoms with Crippen molar-refractivity contribution in [2.75, 3.05) is 17.2 Å². The number of benzene rings is 1. The van der Waals surface area contributed by atoms with Gasteiger partial charge in [0.2, 0.25) is 0 Å². The van der Waals surface area contributed by atoms with Gasteiger partial charge in [-0.2, -0.15) is 0 Å². The summed E-state index contributed by atoms with van der Waals surface area (Å²) < 4.78 is 25.9. The van der Waals surface area contributed by atoms with E-state index in [4.69, 9.17) is 0 Å². The molecule has 2 rings (SSSR count). The van der Waals surface area contributed by atoms with Gasteiger partial charge in [-0.15, -0.1) is 10.2 Å². The summed E-state index contributed by atoms with van der Waals surface area (Å²) in [7, 11) is 0. The van der Waals surface area contributed by atoms with Crippen LogP contribution in [0, 0.1) is 17.6 Å². The van der Waals surface area contributed by atoms with Gasteiger partial charge in [-0.3, -0.25) is 4.79 Å². The Kier molecular flexibility index (Phi) is 4.98. The van der Waals surface area contributed by atoms with Gasteiger partial charge in [0.25, 0.3) is 5.91 Å². The van der Waals surface area contributed by atoms with Crippen molar-refractivity contribution in [3.8, 4) is 0 Å². The number of anilines is 2. The molecule has 0 radical (unpaired) electrons. The third-order valence-corrected chi connectivity index (χ3v) is 2.78. The van der Waals surface area contributed by atoms with Gasteiger partial charge >= 0.3 is 0 Å². The molecule has 0 fully saturated rings. The second-order valence-corrected chi connectivity index (χ2v) is 5.16. The van der Waals surface area contributed by atoms with Crippen LogP contribution in [0.2, 0.25) is 0 Å². The molecule has 0 unspecified atom stereocenters. The molecular formula is C15H16F2N4O. The molecule has 0 aliphatic heterocycles. The Morgan fingerprint density at radius 3 is 2.36 bits per heavy atom. The SMILES string of the molecule is CC(C)CNc1ccc(NC(=O)c2ccc(F)c(F)c2)nn1. The molecule has 5 nitrogen and oxygen atoms in total. The molecule has 0 atom stereocenters. The van der Waals surface area contributed by atoms with Crippen molar-refractivity contribution in [2.45, 2.75) is 13.8 Å². The average molecular weight is 306 g/mol. The summed E-state index contributed by atoms with van der Waals surface area (Å²) in [5.74, 6) is -1.38. The summed E-state index contributed by atoms with van der Waals surface area (Å²) in [6, 6.07) is 6.18. The van der Waals surface area contributed by atoms with E-state index < -0.39 is 17.5 Å². The van der Waals surface area contributed by atoms with Crippen molar-refractivity contribution < 1.29 is 13.6 Å². The molecule has 0 aliphatic carbocycles. The van der Waals surface area contributed by atoms with Gasteiger partial charge in [-0.25, -0.2) is 8.78 Å². The number of carbonyl (C=O) groups is 1. The van der Waals surface area contributed by atoms with Crippen LogP contribution in [0.3, 0.4) is 0 Å². The summed E-state index contributed by atoms with van der Waals surface area (Å²) >= 11 is 0. The highest BCUT2D eigenvalue weighted by molar-refractivity contribution is 6.03. The van der Waals surface area contributed by atoms with E-state index in [0.29, 0.717) is 11.7 Å². The lowest BCUT2D eigenvalue weighted by Gasteiger charge is -2.08. The molecule has 2 N–H and O–H groups in total. The number of hydrogen-bond acceptors (Lipinski definition) is 4. The van der Waals surface area contributed by atoms with Gasteiger partial charge in [0.15, 0.2) is 17.5 Å². The Labute approximate surface area is 126 Å². The van der Waals surface area contributed by atoms with E-state index in [1.807, 2.05) is 0 Å². The maximum absolute atomic E-state index is 13.1. The zero-order valence-corrected chi connectivity index (χ0v) is 12.2. The molecule has 7 heteroatoms. The predicted octanol–water partition coefficient (Wildman–Crippen LogP) is 3.08. The zero-order valence-electron chi connectivity index (χ0n) is 12.2. The molecule has 1 aromatic heterocycles. The number of nitrogens with one attached hydrogen (secondary N) is 2. The fourth-order valence-corrected chi connectivity index (χ4v) is 1.63. The lowest BCUT2D eigenvalue weighted by atomic mass is 10.2. The molecule has 1 aromatic carbocycles. The van der Waals surface area contributed by atoms with Gasteiger partial charge in [0, 0.05) is 12.1 Å². The quantitative estimate of drug-likeness (QED) is 0.891. The van der Waals surface area contributed by atoms with E-state index >= 15 is 0 Å². The number of aromatic nitrogens is 2. The average Bonchev–Trinajstić information content (AvgIpc) is 2.49. The lowest BCUT2D eigenvalue weighted by molar-refractivity contribution is 0.102. The minimum absolute atomic E-state index is 0.00251. The third kappa shape index (κ3) is 4.21. The monoisotopic (exact) mass is 306 g/mol. The Morgan fingerprint density at radius 1 is 1.09 bits per heavy atom. The van der Waals surface area contributed by atoms with Crippen molar-refractivity contribution in [2.24, 2.45) is 5.92 Å². The number of halogens is 2. The number of nitrogens with zero attached hydrogens (tertiary/aromatic N) is 2. The van der Waals surface area contributed by atoms with Crippen LogP contribution in [0.1, 0.15) is 24.2 Å². The molecule has 22 heavy (non-hydrogen) atoms. The molecule has 0 saturated heterocycles. The topological polar surface area (TPSA) is 66.9 Å². The summed E-state index contributed by atoms with van der Waals surface area (Å²) in [6.07, 6.45) is 0. The minimum atomic E-state index is -1.08. The van der Waals surface area contributed by atoms with Crippen LogP contribution >= 0.6 is 0 Å². The van der Waals surface area contributed by atoms with Gasteiger partial charge < -0.3 is 10.6 Å². The van der Waals surface area contributed by atoms with E-state index in [1.165, 1.54) is 6.07 Å². The maximum Gasteiger partial charge on any atom is 0.256 e. The third-order valence-electron chi connectivity index (χ3n) is 2.78. The summed E-state index contributed by atoms with van der Waals surface area (Å²) in [6.45, 7) is 4.89. The van der Waals surface area contributed by atoms with E-state index in [1.54, 1.807) is 12.1 Å². The number of carbonyl (C=O) groups excluding carboxylic acids is 1. The number of amides is 1. The Morgan fingerprint density at radius 2 is 1.77 bits per heavy atom. The molecule has 1 amide bonds. The molecule has 2 aromatic rings. The second kappa shape index (κ2) is 6.93. The first-order chi connectivity index (χ1) is 10.5. The van der Waals surface area contributed by atoms with E-state index in [9.17, 15) is 13.6 Å². The largest absolute Gasteiger partial charge is 0.368 e. The van der Waals surface area contributed by atoms with Crippen LogP contribution in [-0.4, -0.2) is 22.6 Å². The lowest BCUT2D eigenvalue weighted by Crippen LogP contribution is -2.15. The summed E-state index contributed by atoms with van der Waals surface area (Å²) in [5, 5.41) is 13.3. The molecule has 0 saturated carbocycles. The van der Waals surface area contributed by atoms with E-state index in [0.717, 1.165) is 18.7 Å². The van der Waals surface area contributed by atoms with Gasteiger partial charge in [-0.1, -0.05) is 13.8 Å². The smallest absolute Gasteiger partial charge is 0.256 e. The Balaban J connectivity index is 2.00. The normalized spacial score (nSPS) is 10.6. The van der Waals surface area contributed by atoms with E-state index in [2.05, 4.69) is 34.7 Å². The van der Waals surface area contributed by atoms with Crippen LogP contribution in [0.4, 0.5) is 20.4 Å². The molecule has 1 heterocycles. The molecule has 0 aliphatic rings. The highest BCUT2D eigenvalue weighted by Crippen LogP contribution is 2.12. The summed E-state index contributed by atoms with van der Waals surface area (Å²) in [5.41, 5.74) is 0.00251. The van der Waals surface area contributed by atoms with Crippen LogP contribution in [0.15, 0.2) is 30.3 Å². The van der Waals surface area contributed by atoms with Gasteiger partial charge in [-0.05, 0) is 36.2 Å². The first kappa shape index (κ1) is 15.8. The fourth-order valence-electron chi connectivity index (χ4n) is 1.63. The molecule has 0 bridgehead atoms. The zero-order chi connectivity index (χ0) is 16.1. The standard InChI is InChI=1S/C15H16F2N4O/c1-9(2)8-18-13-5-6-14(21-20-13)19-15(22)10-3-4-11(16)12(17)7-10/h3-7,9H,8H2,1-2H3,(H,18,20)(H,19,21,22). The maximum atomic E-state index is 13.1. The van der Waals surface area contributed by atoms with Gasteiger partial charge in [0.05, 0.1) is 0 Å². The Bertz CT molecular complexity index is 659. The van der Waals surface area contributed by atoms with Crippen molar-refractivity contribution in [3.63, 3.8) is 0 Å². The van der Waals surface area contributed by atoms with Crippen LogP contribution < -0.4 is 10.6 Å². The fraction of sp³-hybridized carbons (Fsp3) is 0.267. The van der Waals surface area contributed by atoms with Crippen molar-refractivity contribution in [1.82, 2.24) is 10.2 Å². The highest BCUT2D eigenvalue weighted by atomic mass is 19.2. The second-order valence-electron chi connectivity index (χ2n) is 5.16. The van der Waals surface area contributed by atoms with Crippen LogP contribution in [-0.2, 0) is 0 Å². The van der Waals surface area contributed by atoms with Gasteiger partial charge in [0.1, 0.15) is 5.82 Å². The van der Waals surface area contributed by atoms with E-state index in [-0.39, 0.29) is 11.4 Å². The number of hydrogen-bond donors (Lipinski definition) is 2. The molecular weight excluding hydrogens is 290 g/mol. The van der Waals surface area contributed by atoms with Crippen LogP contribution in [0.5, 0.6) is 0 Å². The first-order valence-electron chi connectivity index (χ1n) is 6.79. The van der Waals surface area contributed by atoms with Crippen molar-refractivity contribution >= 4 is 17.5 Å². The first-order valence-corrected chi connectivity index (χ1v) is 6.79.